The third-order valence-corrected chi connectivity index (χ3v) is 3.56. The summed E-state index contributed by atoms with van der Waals surface area (Å²) in [5.74, 6) is 0.457. The molecule has 7 nitrogen and oxygen atoms in total. The lowest BCUT2D eigenvalue weighted by atomic mass is 10.2. The Bertz CT molecular complexity index is 848. The van der Waals surface area contributed by atoms with Crippen LogP contribution in [0.15, 0.2) is 47.2 Å². The number of hydrogen-bond acceptors (Lipinski definition) is 6. The lowest BCUT2D eigenvalue weighted by Crippen LogP contribution is -2.15. The third-order valence-electron chi connectivity index (χ3n) is 3.31. The molecule has 24 heavy (non-hydrogen) atoms. The highest BCUT2D eigenvalue weighted by Crippen LogP contribution is 2.19. The summed E-state index contributed by atoms with van der Waals surface area (Å²) >= 11 is 5.86. The van der Waals surface area contributed by atoms with Crippen LogP contribution in [0.1, 0.15) is 16.2 Å². The van der Waals surface area contributed by atoms with Crippen molar-refractivity contribution in [2.24, 2.45) is 5.73 Å². The second-order valence-corrected chi connectivity index (χ2v) is 5.42. The smallest absolute Gasteiger partial charge is 0.252 e. The summed E-state index contributed by atoms with van der Waals surface area (Å²) in [6, 6.07) is 8.87. The number of rotatable bonds is 6. The zero-order valence-electron chi connectivity index (χ0n) is 12.6. The molecular weight excluding hydrogens is 330 g/mol. The molecule has 2 heterocycles. The average Bonchev–Trinajstić information content (AvgIpc) is 3.05. The highest BCUT2D eigenvalue weighted by Gasteiger charge is 2.10. The molecular formula is C16H14ClN5O2. The second-order valence-electron chi connectivity index (χ2n) is 4.98. The van der Waals surface area contributed by atoms with E-state index >= 15 is 0 Å². The lowest BCUT2D eigenvalue weighted by Gasteiger charge is -2.07. The SMILES string of the molecule is NC(=O)c1cnccc1NCCc1nc(-c2ccc(Cl)cc2)no1. The maximum atomic E-state index is 11.3. The first kappa shape index (κ1) is 15.9. The Morgan fingerprint density at radius 2 is 2.04 bits per heavy atom. The number of nitrogens with one attached hydrogen (secondary N) is 1. The number of hydrogen-bond donors (Lipinski definition) is 2. The molecule has 3 N–H and O–H groups in total. The molecule has 2 aromatic heterocycles. The van der Waals surface area contributed by atoms with Crippen molar-refractivity contribution in [2.75, 3.05) is 11.9 Å². The van der Waals surface area contributed by atoms with E-state index in [0.29, 0.717) is 41.0 Å². The van der Waals surface area contributed by atoms with E-state index < -0.39 is 5.91 Å². The molecule has 1 aromatic carbocycles. The molecule has 0 atom stereocenters. The first-order chi connectivity index (χ1) is 11.6. The van der Waals surface area contributed by atoms with Crippen molar-refractivity contribution in [3.05, 3.63) is 59.2 Å². The van der Waals surface area contributed by atoms with Crippen LogP contribution in [-0.4, -0.2) is 27.6 Å². The van der Waals surface area contributed by atoms with Gasteiger partial charge in [0.2, 0.25) is 11.7 Å². The largest absolute Gasteiger partial charge is 0.384 e. The van der Waals surface area contributed by atoms with Crippen molar-refractivity contribution in [1.82, 2.24) is 15.1 Å². The Hall–Kier alpha value is -2.93. The molecule has 0 unspecified atom stereocenters. The molecule has 0 aliphatic heterocycles. The predicted molar refractivity (Wildman–Crippen MR) is 89.7 cm³/mol. The molecule has 0 saturated heterocycles. The molecule has 3 rings (SSSR count). The van der Waals surface area contributed by atoms with Crippen LogP contribution in [0.25, 0.3) is 11.4 Å². The van der Waals surface area contributed by atoms with Crippen LogP contribution in [0.4, 0.5) is 5.69 Å². The molecule has 0 aliphatic carbocycles. The third kappa shape index (κ3) is 3.69. The average molecular weight is 344 g/mol. The number of amides is 1. The molecule has 8 heteroatoms. The van der Waals surface area contributed by atoms with E-state index in [4.69, 9.17) is 21.9 Å². The van der Waals surface area contributed by atoms with E-state index in [1.807, 2.05) is 12.1 Å². The number of pyridine rings is 1. The first-order valence-corrected chi connectivity index (χ1v) is 7.57. The van der Waals surface area contributed by atoms with Crippen LogP contribution < -0.4 is 11.1 Å². The lowest BCUT2D eigenvalue weighted by molar-refractivity contribution is 0.100. The van der Waals surface area contributed by atoms with Crippen LogP contribution in [-0.2, 0) is 6.42 Å². The number of aromatic nitrogens is 3. The molecule has 3 aromatic rings. The van der Waals surface area contributed by atoms with Gasteiger partial charge < -0.3 is 15.6 Å². The van der Waals surface area contributed by atoms with Crippen molar-refractivity contribution in [3.63, 3.8) is 0 Å². The van der Waals surface area contributed by atoms with E-state index in [1.54, 1.807) is 24.4 Å². The quantitative estimate of drug-likeness (QED) is 0.712. The number of carbonyl (C=O) groups is 1. The fraction of sp³-hybridized carbons (Fsp3) is 0.125. The fourth-order valence-corrected chi connectivity index (χ4v) is 2.25. The Labute approximate surface area is 142 Å². The van der Waals surface area contributed by atoms with Gasteiger partial charge in [0.05, 0.1) is 11.3 Å². The number of carbonyl (C=O) groups excluding carboxylic acids is 1. The van der Waals surface area contributed by atoms with Crippen molar-refractivity contribution in [2.45, 2.75) is 6.42 Å². The van der Waals surface area contributed by atoms with E-state index in [2.05, 4.69) is 20.4 Å². The van der Waals surface area contributed by atoms with Gasteiger partial charge in [-0.3, -0.25) is 9.78 Å². The number of benzene rings is 1. The van der Waals surface area contributed by atoms with Gasteiger partial charge in [0.1, 0.15) is 0 Å². The van der Waals surface area contributed by atoms with Gasteiger partial charge in [-0.25, -0.2) is 0 Å². The standard InChI is InChI=1S/C16H14ClN5O2/c17-11-3-1-10(2-4-11)16-21-14(24-22-16)6-8-20-13-5-7-19-9-12(13)15(18)23/h1-5,7,9H,6,8H2,(H2,18,23)(H,19,20). The van der Waals surface area contributed by atoms with Crippen LogP contribution in [0, 0.1) is 0 Å². The van der Waals surface area contributed by atoms with E-state index in [0.717, 1.165) is 5.56 Å². The summed E-state index contributed by atoms with van der Waals surface area (Å²) in [6.07, 6.45) is 3.51. The van der Waals surface area contributed by atoms with E-state index in [1.165, 1.54) is 6.20 Å². The van der Waals surface area contributed by atoms with Gasteiger partial charge in [-0.15, -0.1) is 0 Å². The molecule has 0 bridgehead atoms. The Kier molecular flexibility index (Phi) is 4.72. The monoisotopic (exact) mass is 343 g/mol. The van der Waals surface area contributed by atoms with Crippen molar-refractivity contribution >= 4 is 23.2 Å². The predicted octanol–water partition coefficient (Wildman–Crippen LogP) is 2.54. The topological polar surface area (TPSA) is 107 Å². The minimum atomic E-state index is -0.534. The molecule has 1 amide bonds. The first-order valence-electron chi connectivity index (χ1n) is 7.19. The van der Waals surface area contributed by atoms with E-state index in [-0.39, 0.29) is 0 Å². The molecule has 0 fully saturated rings. The molecule has 0 saturated carbocycles. The minimum absolute atomic E-state index is 0.338. The summed E-state index contributed by atoms with van der Waals surface area (Å²) in [6.45, 7) is 0.506. The zero-order valence-corrected chi connectivity index (χ0v) is 13.3. The fourth-order valence-electron chi connectivity index (χ4n) is 2.12. The Balaban J connectivity index is 1.62. The van der Waals surface area contributed by atoms with Crippen LogP contribution in [0.3, 0.4) is 0 Å². The van der Waals surface area contributed by atoms with Gasteiger partial charge in [0, 0.05) is 35.9 Å². The number of anilines is 1. The van der Waals surface area contributed by atoms with E-state index in [9.17, 15) is 4.79 Å². The van der Waals surface area contributed by atoms with Gasteiger partial charge in [0.25, 0.3) is 5.91 Å². The van der Waals surface area contributed by atoms with Crippen LogP contribution in [0.2, 0.25) is 5.02 Å². The summed E-state index contributed by atoms with van der Waals surface area (Å²) in [5.41, 5.74) is 7.09. The highest BCUT2D eigenvalue weighted by molar-refractivity contribution is 6.30. The number of nitrogens with two attached hydrogens (primary N) is 1. The highest BCUT2D eigenvalue weighted by atomic mass is 35.5. The molecule has 0 spiro atoms. The molecule has 122 valence electrons. The number of nitrogens with zero attached hydrogens (tertiary/aromatic N) is 3. The Morgan fingerprint density at radius 3 is 2.79 bits per heavy atom. The minimum Gasteiger partial charge on any atom is -0.384 e. The summed E-state index contributed by atoms with van der Waals surface area (Å²) < 4.78 is 5.23. The Morgan fingerprint density at radius 1 is 1.25 bits per heavy atom. The summed E-state index contributed by atoms with van der Waals surface area (Å²) in [4.78, 5) is 19.5. The number of halogens is 1. The summed E-state index contributed by atoms with van der Waals surface area (Å²) in [7, 11) is 0. The maximum absolute atomic E-state index is 11.3. The normalized spacial score (nSPS) is 10.5. The van der Waals surface area contributed by atoms with Crippen molar-refractivity contribution in [1.29, 1.82) is 0 Å². The van der Waals surface area contributed by atoms with Crippen LogP contribution in [0.5, 0.6) is 0 Å². The maximum Gasteiger partial charge on any atom is 0.252 e. The van der Waals surface area contributed by atoms with Crippen molar-refractivity contribution in [3.8, 4) is 11.4 Å². The van der Waals surface area contributed by atoms with Gasteiger partial charge in [-0.1, -0.05) is 16.8 Å². The molecule has 0 aliphatic rings. The van der Waals surface area contributed by atoms with Gasteiger partial charge in [-0.2, -0.15) is 4.98 Å². The summed E-state index contributed by atoms with van der Waals surface area (Å²) in [5, 5.41) is 7.71. The zero-order chi connectivity index (χ0) is 16.9. The number of primary amides is 1. The van der Waals surface area contributed by atoms with Gasteiger partial charge >= 0.3 is 0 Å². The van der Waals surface area contributed by atoms with Gasteiger partial charge in [-0.05, 0) is 30.3 Å². The van der Waals surface area contributed by atoms with Gasteiger partial charge in [0.15, 0.2) is 0 Å². The van der Waals surface area contributed by atoms with Crippen molar-refractivity contribution < 1.29 is 9.32 Å². The second kappa shape index (κ2) is 7.10. The van der Waals surface area contributed by atoms with Crippen LogP contribution >= 0.6 is 11.6 Å². The molecule has 0 radical (unpaired) electrons.